The molecule has 2 amide bonds. The summed E-state index contributed by atoms with van der Waals surface area (Å²) < 4.78 is 43.2. The first-order valence-corrected chi connectivity index (χ1v) is 22.3. The molecular formula is C40H54Cl4N4O12P2. The zero-order valence-electron chi connectivity index (χ0n) is 35.0. The fourth-order valence-electron chi connectivity index (χ4n) is 5.55. The predicted octanol–water partition coefficient (Wildman–Crippen LogP) is 11.1. The molecule has 0 aromatic heterocycles. The van der Waals surface area contributed by atoms with E-state index in [1.807, 2.05) is 38.1 Å². The van der Waals surface area contributed by atoms with Crippen molar-refractivity contribution in [2.75, 3.05) is 27.3 Å². The number of rotatable bonds is 20. The fraction of sp³-hybridized carbons (Fsp3) is 0.350. The van der Waals surface area contributed by atoms with Gasteiger partial charge in [-0.2, -0.15) is 0 Å². The lowest BCUT2D eigenvalue weighted by atomic mass is 10.1. The Kier molecular flexibility index (Phi) is 26.1. The second-order valence-electron chi connectivity index (χ2n) is 13.0. The first-order valence-electron chi connectivity index (χ1n) is 18.3. The van der Waals surface area contributed by atoms with E-state index in [-0.39, 0.29) is 50.0 Å². The van der Waals surface area contributed by atoms with Gasteiger partial charge in [-0.3, -0.25) is 28.4 Å². The van der Waals surface area contributed by atoms with Gasteiger partial charge in [-0.25, -0.2) is 10.1 Å². The average Bonchev–Trinajstić information content (AvgIpc) is 3.21. The van der Waals surface area contributed by atoms with Crippen LogP contribution in [0.5, 0.6) is 11.5 Å². The fourth-order valence-corrected chi connectivity index (χ4v) is 7.15. The van der Waals surface area contributed by atoms with Crippen LogP contribution in [0, 0.1) is 0 Å². The maximum absolute atomic E-state index is 12.1. The molecule has 0 spiro atoms. The van der Waals surface area contributed by atoms with E-state index in [0.717, 1.165) is 22.6 Å². The van der Waals surface area contributed by atoms with Crippen molar-refractivity contribution in [2.45, 2.75) is 65.0 Å². The van der Waals surface area contributed by atoms with E-state index in [0.29, 0.717) is 31.2 Å². The molecule has 0 radical (unpaired) electrons. The van der Waals surface area contributed by atoms with Gasteiger partial charge in [-0.05, 0) is 97.5 Å². The quantitative estimate of drug-likeness (QED) is 0.0476. The van der Waals surface area contributed by atoms with Crippen LogP contribution < -0.4 is 21.8 Å². The van der Waals surface area contributed by atoms with E-state index in [1.165, 1.54) is 24.0 Å². The molecule has 6 atom stereocenters. The Labute approximate surface area is 383 Å². The highest BCUT2D eigenvalue weighted by Crippen LogP contribution is 2.36. The van der Waals surface area contributed by atoms with E-state index in [1.54, 1.807) is 74.9 Å². The zero-order valence-corrected chi connectivity index (χ0v) is 40.0. The van der Waals surface area contributed by atoms with Crippen LogP contribution in [0.1, 0.15) is 87.2 Å². The number of nitrogens with zero attached hydrogens (tertiary/aromatic N) is 2. The van der Waals surface area contributed by atoms with Crippen LogP contribution in [0.15, 0.2) is 84.9 Å². The molecule has 8 N–H and O–H groups in total. The summed E-state index contributed by atoms with van der Waals surface area (Å²) in [6.07, 6.45) is -1.91. The molecule has 4 aromatic rings. The molecule has 0 aliphatic rings. The van der Waals surface area contributed by atoms with Crippen molar-refractivity contribution in [1.82, 2.24) is 22.4 Å². The van der Waals surface area contributed by atoms with E-state index in [4.69, 9.17) is 74.6 Å². The van der Waals surface area contributed by atoms with Crippen molar-refractivity contribution in [3.05, 3.63) is 127 Å². The standard InChI is InChI=1S/2C20H24Cl2NO6P.2H3N/c2*1-13(15-4-7-17(27-3)8-5-15)28-23(14(2)24)11-10-20(29-30(25)26)16-6-9-18(21)19(22)12-16;;/h2*4-9,12-13,20,30H,10-11H2,1-3H3,(H,25,26);2*1H3. The van der Waals surface area contributed by atoms with Crippen LogP contribution in [0.3, 0.4) is 0 Å². The summed E-state index contributed by atoms with van der Waals surface area (Å²) in [7, 11) is -3.28. The largest absolute Gasteiger partial charge is 0.497 e. The molecule has 0 aliphatic carbocycles. The molecule has 4 aromatic carbocycles. The molecule has 0 aliphatic heterocycles. The smallest absolute Gasteiger partial charge is 0.317 e. The van der Waals surface area contributed by atoms with Crippen molar-refractivity contribution < 1.29 is 56.7 Å². The lowest BCUT2D eigenvalue weighted by Gasteiger charge is -2.26. The van der Waals surface area contributed by atoms with Gasteiger partial charge >= 0.3 is 16.5 Å². The van der Waals surface area contributed by atoms with Crippen molar-refractivity contribution in [3.63, 3.8) is 0 Å². The normalized spacial score (nSPS) is 13.6. The summed E-state index contributed by atoms with van der Waals surface area (Å²) in [6.45, 7) is 6.66. The number of halogens is 4. The van der Waals surface area contributed by atoms with Gasteiger partial charge in [0.25, 0.3) is 0 Å². The summed E-state index contributed by atoms with van der Waals surface area (Å²) in [6, 6.07) is 24.2. The molecule has 0 heterocycles. The maximum atomic E-state index is 12.1. The molecule has 0 saturated heterocycles. The summed E-state index contributed by atoms with van der Waals surface area (Å²) in [5.74, 6) is 0.824. The molecule has 0 saturated carbocycles. The lowest BCUT2D eigenvalue weighted by Crippen LogP contribution is -2.32. The van der Waals surface area contributed by atoms with Crippen LogP contribution >= 0.6 is 62.9 Å². The predicted molar refractivity (Wildman–Crippen MR) is 242 cm³/mol. The van der Waals surface area contributed by atoms with Gasteiger partial charge in [-0.1, -0.05) is 82.8 Å². The Morgan fingerprint density at radius 1 is 0.565 bits per heavy atom. The summed E-state index contributed by atoms with van der Waals surface area (Å²) in [5, 5.41) is 3.73. The second kappa shape index (κ2) is 28.5. The molecule has 62 heavy (non-hydrogen) atoms. The molecule has 22 heteroatoms. The molecule has 0 fully saturated rings. The van der Waals surface area contributed by atoms with Crippen LogP contribution in [-0.2, 0) is 37.4 Å². The summed E-state index contributed by atoms with van der Waals surface area (Å²) >= 11 is 24.0. The third kappa shape index (κ3) is 18.8. The minimum atomic E-state index is -3.22. The van der Waals surface area contributed by atoms with Crippen LogP contribution in [0.2, 0.25) is 20.1 Å². The van der Waals surface area contributed by atoms with E-state index in [2.05, 4.69) is 0 Å². The summed E-state index contributed by atoms with van der Waals surface area (Å²) in [5.41, 5.74) is 2.87. The highest BCUT2D eigenvalue weighted by atomic mass is 35.5. The third-order valence-electron chi connectivity index (χ3n) is 8.75. The molecule has 6 unspecified atom stereocenters. The third-order valence-corrected chi connectivity index (χ3v) is 11.2. The van der Waals surface area contributed by atoms with E-state index >= 15 is 0 Å². The number of carbonyl (C=O) groups excluding carboxylic acids is 2. The number of methoxy groups -OCH3 is 2. The molecule has 0 bridgehead atoms. The lowest BCUT2D eigenvalue weighted by molar-refractivity contribution is -0.204. The van der Waals surface area contributed by atoms with Gasteiger partial charge in [0.15, 0.2) is 0 Å². The van der Waals surface area contributed by atoms with Gasteiger partial charge in [0, 0.05) is 13.8 Å². The maximum Gasteiger partial charge on any atom is 0.317 e. The molecular weight excluding hydrogens is 932 g/mol. The van der Waals surface area contributed by atoms with Crippen molar-refractivity contribution in [2.24, 2.45) is 0 Å². The van der Waals surface area contributed by atoms with E-state index in [9.17, 15) is 28.5 Å². The van der Waals surface area contributed by atoms with Gasteiger partial charge in [0.1, 0.15) is 23.7 Å². The van der Waals surface area contributed by atoms with Crippen LogP contribution in [0.25, 0.3) is 0 Å². The highest BCUT2D eigenvalue weighted by Gasteiger charge is 2.23. The minimum Gasteiger partial charge on any atom is -0.497 e. The Balaban J connectivity index is 0.000000601. The Hall–Kier alpha value is -3.28. The van der Waals surface area contributed by atoms with Gasteiger partial charge < -0.3 is 40.6 Å². The van der Waals surface area contributed by atoms with Crippen molar-refractivity contribution in [3.8, 4) is 11.5 Å². The number of ether oxygens (including phenoxy) is 2. The number of amides is 2. The number of hydroxylamine groups is 4. The number of hydrogen-bond donors (Lipinski definition) is 4. The minimum absolute atomic E-state index is 0. The number of carbonyl (C=O) groups is 2. The molecule has 344 valence electrons. The Morgan fingerprint density at radius 2 is 0.871 bits per heavy atom. The Morgan fingerprint density at radius 3 is 1.13 bits per heavy atom. The SMILES string of the molecule is COc1ccc(C(C)ON(CCC(O[PH](=O)O)c2ccc(Cl)c(Cl)c2)C(C)=O)cc1.COc1ccc(C(C)ON(CCC(O[PH](=O)O)c2ccc(Cl)c(Cl)c2)C(C)=O)cc1.N.N. The van der Waals surface area contributed by atoms with Crippen LogP contribution in [0.4, 0.5) is 0 Å². The first-order chi connectivity index (χ1) is 28.4. The monoisotopic (exact) mass is 984 g/mol. The van der Waals surface area contributed by atoms with Gasteiger partial charge in [-0.15, -0.1) is 0 Å². The van der Waals surface area contributed by atoms with Crippen molar-refractivity contribution in [1.29, 1.82) is 0 Å². The van der Waals surface area contributed by atoms with E-state index < -0.39 is 40.9 Å². The van der Waals surface area contributed by atoms with Gasteiger partial charge in [0.2, 0.25) is 11.8 Å². The first kappa shape index (κ1) is 56.7. The average molecular weight is 987 g/mol. The molecule has 4 rings (SSSR count). The second-order valence-corrected chi connectivity index (χ2v) is 16.1. The van der Waals surface area contributed by atoms with Crippen LogP contribution in [-0.4, -0.2) is 59.0 Å². The number of benzene rings is 4. The number of hydrogen-bond acceptors (Lipinski definition) is 12. The highest BCUT2D eigenvalue weighted by molar-refractivity contribution is 7.32. The topological polar surface area (TPSA) is 241 Å². The van der Waals surface area contributed by atoms with Gasteiger partial charge in [0.05, 0.1) is 59.6 Å². The van der Waals surface area contributed by atoms with Crippen molar-refractivity contribution >= 4 is 74.7 Å². The summed E-state index contributed by atoms with van der Waals surface area (Å²) in [4.78, 5) is 54.3. The zero-order chi connectivity index (χ0) is 44.5. The Bertz CT molecular complexity index is 1910. The molecule has 16 nitrogen and oxygen atoms in total.